The highest BCUT2D eigenvalue weighted by atomic mass is 16.2. The van der Waals surface area contributed by atoms with Gasteiger partial charge in [0, 0.05) is 19.3 Å². The summed E-state index contributed by atoms with van der Waals surface area (Å²) in [6.45, 7) is 3.90. The van der Waals surface area contributed by atoms with Gasteiger partial charge >= 0.3 is 0 Å². The maximum Gasteiger partial charge on any atom is 0.241 e. The van der Waals surface area contributed by atoms with E-state index in [9.17, 15) is 4.79 Å². The normalized spacial score (nSPS) is 16.7. The second-order valence-corrected chi connectivity index (χ2v) is 4.57. The zero-order chi connectivity index (χ0) is 13.0. The van der Waals surface area contributed by atoms with E-state index in [1.807, 2.05) is 19.1 Å². The minimum atomic E-state index is -0.461. The van der Waals surface area contributed by atoms with Gasteiger partial charge in [0.25, 0.3) is 0 Å². The maximum absolute atomic E-state index is 11.8. The summed E-state index contributed by atoms with van der Waals surface area (Å²) in [4.78, 5) is 18.4. The molecule has 2 heterocycles. The van der Waals surface area contributed by atoms with E-state index in [2.05, 4.69) is 15.2 Å². The number of carbonyl (C=O) groups excluding carboxylic acids is 1. The number of nitrogens with one attached hydrogen (secondary N) is 1. The molecule has 0 radical (unpaired) electrons. The second-order valence-electron chi connectivity index (χ2n) is 4.57. The number of anilines is 2. The molecule has 1 aliphatic rings. The number of rotatable bonds is 4. The van der Waals surface area contributed by atoms with Gasteiger partial charge in [-0.3, -0.25) is 4.79 Å². The summed E-state index contributed by atoms with van der Waals surface area (Å²) < 4.78 is 0. The topological polar surface area (TPSA) is 71.2 Å². The van der Waals surface area contributed by atoms with E-state index in [0.29, 0.717) is 6.42 Å². The van der Waals surface area contributed by atoms with Crippen molar-refractivity contribution in [1.29, 1.82) is 0 Å². The summed E-state index contributed by atoms with van der Waals surface area (Å²) in [6, 6.07) is 3.24. The molecule has 1 fully saturated rings. The first-order valence-corrected chi connectivity index (χ1v) is 6.48. The van der Waals surface area contributed by atoms with Crippen LogP contribution >= 0.6 is 0 Å². The average molecular weight is 248 g/mol. The Bertz CT molecular complexity index is 415. The van der Waals surface area contributed by atoms with Gasteiger partial charge in [-0.05, 0) is 31.4 Å². The van der Waals surface area contributed by atoms with E-state index in [1.165, 1.54) is 12.8 Å². The summed E-state index contributed by atoms with van der Waals surface area (Å²) >= 11 is 0. The van der Waals surface area contributed by atoms with Crippen LogP contribution < -0.4 is 16.0 Å². The molecule has 5 heteroatoms. The Hall–Kier alpha value is -1.62. The molecular formula is C13H20N4O. The molecule has 0 saturated carbocycles. The first-order valence-electron chi connectivity index (χ1n) is 6.48. The standard InChI is InChI=1S/C13H20N4O/c1-2-10(14)13(18)16-11-6-5-7-15-12(11)17-8-3-4-9-17/h5-7,10H,2-4,8-9,14H2,1H3,(H,16,18)/t10-/m0/s1. The van der Waals surface area contributed by atoms with Crippen LogP contribution in [-0.2, 0) is 4.79 Å². The number of hydrogen-bond acceptors (Lipinski definition) is 4. The van der Waals surface area contributed by atoms with E-state index >= 15 is 0 Å². The number of amides is 1. The molecule has 0 aliphatic carbocycles. The molecule has 98 valence electrons. The first kappa shape index (κ1) is 12.8. The molecule has 1 atom stereocenters. The molecule has 0 spiro atoms. The van der Waals surface area contributed by atoms with Gasteiger partial charge in [-0.15, -0.1) is 0 Å². The van der Waals surface area contributed by atoms with Gasteiger partial charge in [-0.25, -0.2) is 4.98 Å². The van der Waals surface area contributed by atoms with E-state index in [0.717, 1.165) is 24.6 Å². The van der Waals surface area contributed by atoms with Gasteiger partial charge in [0.05, 0.1) is 11.7 Å². The minimum absolute atomic E-state index is 0.147. The van der Waals surface area contributed by atoms with Crippen molar-refractivity contribution in [2.75, 3.05) is 23.3 Å². The zero-order valence-electron chi connectivity index (χ0n) is 10.7. The van der Waals surface area contributed by atoms with Crippen molar-refractivity contribution in [3.8, 4) is 0 Å². The number of carbonyl (C=O) groups is 1. The fraction of sp³-hybridized carbons (Fsp3) is 0.538. The van der Waals surface area contributed by atoms with Crippen LogP contribution in [0.15, 0.2) is 18.3 Å². The molecule has 3 N–H and O–H groups in total. The third-order valence-electron chi connectivity index (χ3n) is 3.23. The Labute approximate surface area is 107 Å². The molecule has 18 heavy (non-hydrogen) atoms. The number of aromatic nitrogens is 1. The molecular weight excluding hydrogens is 228 g/mol. The molecule has 1 aromatic heterocycles. The molecule has 0 unspecified atom stereocenters. The molecule has 1 saturated heterocycles. The lowest BCUT2D eigenvalue weighted by Crippen LogP contribution is -2.35. The van der Waals surface area contributed by atoms with E-state index in [1.54, 1.807) is 6.20 Å². The van der Waals surface area contributed by atoms with Crippen molar-refractivity contribution < 1.29 is 4.79 Å². The van der Waals surface area contributed by atoms with Crippen LogP contribution in [-0.4, -0.2) is 30.0 Å². The van der Waals surface area contributed by atoms with Crippen LogP contribution in [0.4, 0.5) is 11.5 Å². The Kier molecular flexibility index (Phi) is 4.15. The van der Waals surface area contributed by atoms with Crippen molar-refractivity contribution in [3.05, 3.63) is 18.3 Å². The summed E-state index contributed by atoms with van der Waals surface area (Å²) in [6.07, 6.45) is 4.74. The largest absolute Gasteiger partial charge is 0.355 e. The van der Waals surface area contributed by atoms with Crippen molar-refractivity contribution >= 4 is 17.4 Å². The monoisotopic (exact) mass is 248 g/mol. The van der Waals surface area contributed by atoms with Crippen LogP contribution in [0.2, 0.25) is 0 Å². The molecule has 0 bridgehead atoms. The smallest absolute Gasteiger partial charge is 0.241 e. The van der Waals surface area contributed by atoms with E-state index in [-0.39, 0.29) is 5.91 Å². The minimum Gasteiger partial charge on any atom is -0.355 e. The summed E-state index contributed by atoms with van der Waals surface area (Å²) in [5.74, 6) is 0.706. The third-order valence-corrected chi connectivity index (χ3v) is 3.23. The van der Waals surface area contributed by atoms with Gasteiger partial charge in [0.15, 0.2) is 5.82 Å². The number of hydrogen-bond donors (Lipinski definition) is 2. The predicted octanol–water partition coefficient (Wildman–Crippen LogP) is 1.36. The van der Waals surface area contributed by atoms with E-state index < -0.39 is 6.04 Å². The molecule has 2 rings (SSSR count). The lowest BCUT2D eigenvalue weighted by molar-refractivity contribution is -0.117. The Morgan fingerprint density at radius 1 is 1.56 bits per heavy atom. The molecule has 1 aliphatic heterocycles. The first-order chi connectivity index (χ1) is 8.72. The number of nitrogens with two attached hydrogens (primary N) is 1. The van der Waals surface area contributed by atoms with Gasteiger partial charge in [-0.1, -0.05) is 6.92 Å². The van der Waals surface area contributed by atoms with Crippen molar-refractivity contribution in [3.63, 3.8) is 0 Å². The Morgan fingerprint density at radius 2 is 2.28 bits per heavy atom. The lowest BCUT2D eigenvalue weighted by atomic mass is 10.2. The quantitative estimate of drug-likeness (QED) is 0.844. The second kappa shape index (κ2) is 5.82. The van der Waals surface area contributed by atoms with Gasteiger partial charge < -0.3 is 16.0 Å². The predicted molar refractivity (Wildman–Crippen MR) is 72.6 cm³/mol. The van der Waals surface area contributed by atoms with Gasteiger partial charge in [0.1, 0.15) is 0 Å². The lowest BCUT2D eigenvalue weighted by Gasteiger charge is -2.20. The Morgan fingerprint density at radius 3 is 2.94 bits per heavy atom. The molecule has 1 aromatic rings. The summed E-state index contributed by atoms with van der Waals surface area (Å²) in [5.41, 5.74) is 6.48. The Balaban J connectivity index is 2.14. The van der Waals surface area contributed by atoms with Crippen LogP contribution in [0.3, 0.4) is 0 Å². The average Bonchev–Trinajstić information content (AvgIpc) is 2.92. The van der Waals surface area contributed by atoms with E-state index in [4.69, 9.17) is 5.73 Å². The van der Waals surface area contributed by atoms with Gasteiger partial charge in [0.2, 0.25) is 5.91 Å². The van der Waals surface area contributed by atoms with Crippen molar-refractivity contribution in [2.45, 2.75) is 32.2 Å². The van der Waals surface area contributed by atoms with Crippen LogP contribution in [0.5, 0.6) is 0 Å². The summed E-state index contributed by atoms with van der Waals surface area (Å²) in [5, 5.41) is 2.87. The van der Waals surface area contributed by atoms with Gasteiger partial charge in [-0.2, -0.15) is 0 Å². The highest BCUT2D eigenvalue weighted by molar-refractivity contribution is 5.97. The van der Waals surface area contributed by atoms with Crippen molar-refractivity contribution in [2.24, 2.45) is 5.73 Å². The highest BCUT2D eigenvalue weighted by Crippen LogP contribution is 2.26. The van der Waals surface area contributed by atoms with Crippen LogP contribution in [0.25, 0.3) is 0 Å². The number of nitrogens with zero attached hydrogens (tertiary/aromatic N) is 2. The molecule has 1 amide bonds. The van der Waals surface area contributed by atoms with Crippen LogP contribution in [0.1, 0.15) is 26.2 Å². The maximum atomic E-state index is 11.8. The molecule has 0 aromatic carbocycles. The third kappa shape index (κ3) is 2.79. The SMILES string of the molecule is CC[C@H](N)C(=O)Nc1cccnc1N1CCCC1. The number of pyridine rings is 1. The molecule has 5 nitrogen and oxygen atoms in total. The highest BCUT2D eigenvalue weighted by Gasteiger charge is 2.19. The summed E-state index contributed by atoms with van der Waals surface area (Å²) in [7, 11) is 0. The fourth-order valence-electron chi connectivity index (χ4n) is 2.09. The van der Waals surface area contributed by atoms with Crippen molar-refractivity contribution in [1.82, 2.24) is 4.98 Å². The van der Waals surface area contributed by atoms with Crippen LogP contribution in [0, 0.1) is 0 Å². The fourth-order valence-corrected chi connectivity index (χ4v) is 2.09. The zero-order valence-corrected chi connectivity index (χ0v) is 10.7.